The quantitative estimate of drug-likeness (QED) is 0.786. The van der Waals surface area contributed by atoms with Crippen molar-refractivity contribution in [2.24, 2.45) is 0 Å². The predicted octanol–water partition coefficient (Wildman–Crippen LogP) is 2.68. The van der Waals surface area contributed by atoms with E-state index < -0.39 is 6.43 Å². The summed E-state index contributed by atoms with van der Waals surface area (Å²) in [6.07, 6.45) is -2.64. The summed E-state index contributed by atoms with van der Waals surface area (Å²) in [5, 5.41) is 15.7. The minimum Gasteiger partial charge on any atom is -0.207 e. The third-order valence-electron chi connectivity index (χ3n) is 2.09. The third-order valence-corrected chi connectivity index (χ3v) is 3.10. The second kappa shape index (κ2) is 4.75. The lowest BCUT2D eigenvalue weighted by molar-refractivity contribution is 0.145. The minimum absolute atomic E-state index is 0.266. The van der Waals surface area contributed by atoms with E-state index in [1.165, 1.54) is 4.68 Å². The van der Waals surface area contributed by atoms with E-state index in [0.29, 0.717) is 11.3 Å². The molecule has 1 heterocycles. The molecule has 2 rings (SSSR count). The Morgan fingerprint density at radius 1 is 1.29 bits per heavy atom. The van der Waals surface area contributed by atoms with Gasteiger partial charge in [0.1, 0.15) is 3.70 Å². The average molecular weight is 346 g/mol. The van der Waals surface area contributed by atoms with Gasteiger partial charge in [-0.2, -0.15) is 5.26 Å². The monoisotopic (exact) mass is 346 g/mol. The molecule has 0 amide bonds. The molecule has 0 bridgehead atoms. The molecule has 0 atom stereocenters. The van der Waals surface area contributed by atoms with Gasteiger partial charge < -0.3 is 0 Å². The third kappa shape index (κ3) is 2.26. The first-order chi connectivity index (χ1) is 8.13. The van der Waals surface area contributed by atoms with Gasteiger partial charge in [0.05, 0.1) is 17.3 Å². The van der Waals surface area contributed by atoms with Crippen molar-refractivity contribution in [1.29, 1.82) is 5.26 Å². The van der Waals surface area contributed by atoms with Crippen molar-refractivity contribution >= 4 is 22.6 Å². The van der Waals surface area contributed by atoms with Gasteiger partial charge in [0.15, 0.2) is 5.69 Å². The fraction of sp³-hybridized carbons (Fsp3) is 0.100. The topological polar surface area (TPSA) is 54.5 Å². The Morgan fingerprint density at radius 2 is 1.94 bits per heavy atom. The molecular weight excluding hydrogens is 341 g/mol. The van der Waals surface area contributed by atoms with Crippen LogP contribution in [-0.2, 0) is 0 Å². The van der Waals surface area contributed by atoms with E-state index in [9.17, 15) is 8.78 Å². The van der Waals surface area contributed by atoms with Crippen molar-refractivity contribution in [2.45, 2.75) is 6.43 Å². The molecule has 0 saturated heterocycles. The summed E-state index contributed by atoms with van der Waals surface area (Å²) in [6.45, 7) is 0. The van der Waals surface area contributed by atoms with Gasteiger partial charge in [-0.05, 0) is 46.9 Å². The molecule has 1 aromatic carbocycles. The molecule has 0 aliphatic heterocycles. The molecule has 0 N–H and O–H groups in total. The number of nitrogens with zero attached hydrogens (tertiary/aromatic N) is 4. The van der Waals surface area contributed by atoms with E-state index in [1.54, 1.807) is 46.9 Å². The van der Waals surface area contributed by atoms with Crippen molar-refractivity contribution in [2.75, 3.05) is 0 Å². The first-order valence-corrected chi connectivity index (χ1v) is 5.61. The van der Waals surface area contributed by atoms with Crippen LogP contribution in [0, 0.1) is 15.0 Å². The molecular formula is C10H5F2IN4. The maximum absolute atomic E-state index is 12.5. The van der Waals surface area contributed by atoms with Crippen LogP contribution >= 0.6 is 22.6 Å². The molecule has 0 fully saturated rings. The second-order valence-corrected chi connectivity index (χ2v) is 4.16. The normalized spacial score (nSPS) is 10.5. The number of aromatic nitrogens is 3. The smallest absolute Gasteiger partial charge is 0.207 e. The number of rotatable bonds is 2. The highest BCUT2D eigenvalue weighted by Gasteiger charge is 2.19. The molecule has 0 spiro atoms. The van der Waals surface area contributed by atoms with E-state index in [0.717, 1.165) is 0 Å². The molecule has 17 heavy (non-hydrogen) atoms. The average Bonchev–Trinajstić information content (AvgIpc) is 2.71. The molecule has 1 aromatic heterocycles. The zero-order chi connectivity index (χ0) is 12.4. The van der Waals surface area contributed by atoms with E-state index >= 15 is 0 Å². The molecule has 2 aromatic rings. The molecule has 0 unspecified atom stereocenters. The van der Waals surface area contributed by atoms with E-state index in [1.807, 2.05) is 6.07 Å². The fourth-order valence-electron chi connectivity index (χ4n) is 1.26. The summed E-state index contributed by atoms with van der Waals surface area (Å²) >= 11 is 1.77. The Kier molecular flexibility index (Phi) is 3.33. The first kappa shape index (κ1) is 11.9. The fourth-order valence-corrected chi connectivity index (χ4v) is 1.98. The molecule has 0 saturated carbocycles. The van der Waals surface area contributed by atoms with Gasteiger partial charge in [-0.15, -0.1) is 5.10 Å². The van der Waals surface area contributed by atoms with Crippen molar-refractivity contribution in [3.8, 4) is 11.8 Å². The van der Waals surface area contributed by atoms with E-state index in [4.69, 9.17) is 5.26 Å². The van der Waals surface area contributed by atoms with Crippen LogP contribution in [0.5, 0.6) is 0 Å². The lowest BCUT2D eigenvalue weighted by Crippen LogP contribution is -1.99. The Balaban J connectivity index is 2.43. The van der Waals surface area contributed by atoms with E-state index in [-0.39, 0.29) is 9.39 Å². The van der Waals surface area contributed by atoms with Gasteiger partial charge in [0.2, 0.25) is 0 Å². The summed E-state index contributed by atoms with van der Waals surface area (Å²) in [5.74, 6) is 0. The number of benzene rings is 1. The van der Waals surface area contributed by atoms with Crippen molar-refractivity contribution in [1.82, 2.24) is 15.0 Å². The van der Waals surface area contributed by atoms with Crippen LogP contribution in [0.3, 0.4) is 0 Å². The van der Waals surface area contributed by atoms with Crippen LogP contribution in [0.1, 0.15) is 17.7 Å². The van der Waals surface area contributed by atoms with Gasteiger partial charge in [-0.3, -0.25) is 0 Å². The molecule has 4 nitrogen and oxygen atoms in total. The zero-order valence-electron chi connectivity index (χ0n) is 8.31. The highest BCUT2D eigenvalue weighted by Crippen LogP contribution is 2.23. The van der Waals surface area contributed by atoms with Gasteiger partial charge in [0.25, 0.3) is 6.43 Å². The molecule has 86 valence electrons. The lowest BCUT2D eigenvalue weighted by Gasteiger charge is -2.02. The number of halogens is 3. The first-order valence-electron chi connectivity index (χ1n) is 4.53. The number of alkyl halides is 2. The van der Waals surface area contributed by atoms with Gasteiger partial charge in [-0.1, -0.05) is 5.21 Å². The van der Waals surface area contributed by atoms with Gasteiger partial charge >= 0.3 is 0 Å². The number of hydrogen-bond acceptors (Lipinski definition) is 3. The van der Waals surface area contributed by atoms with Crippen molar-refractivity contribution < 1.29 is 8.78 Å². The van der Waals surface area contributed by atoms with Crippen LogP contribution in [0.2, 0.25) is 0 Å². The summed E-state index contributed by atoms with van der Waals surface area (Å²) < 4.78 is 26.6. The van der Waals surface area contributed by atoms with Gasteiger partial charge in [-0.25, -0.2) is 13.5 Å². The van der Waals surface area contributed by atoms with Crippen LogP contribution in [0.15, 0.2) is 24.3 Å². The molecule has 0 radical (unpaired) electrons. The minimum atomic E-state index is -2.64. The molecule has 0 aliphatic carbocycles. The van der Waals surface area contributed by atoms with Crippen molar-refractivity contribution in [3.63, 3.8) is 0 Å². The number of hydrogen-bond donors (Lipinski definition) is 0. The maximum atomic E-state index is 12.5. The van der Waals surface area contributed by atoms with Crippen molar-refractivity contribution in [3.05, 3.63) is 39.2 Å². The zero-order valence-corrected chi connectivity index (χ0v) is 10.5. The highest BCUT2D eigenvalue weighted by molar-refractivity contribution is 14.1. The molecule has 7 heteroatoms. The van der Waals surface area contributed by atoms with Crippen LogP contribution in [0.25, 0.3) is 5.69 Å². The Hall–Kier alpha value is -1.56. The van der Waals surface area contributed by atoms with Crippen LogP contribution < -0.4 is 0 Å². The number of nitriles is 1. The highest BCUT2D eigenvalue weighted by atomic mass is 127. The maximum Gasteiger partial charge on any atom is 0.284 e. The van der Waals surface area contributed by atoms with E-state index in [2.05, 4.69) is 10.3 Å². The summed E-state index contributed by atoms with van der Waals surface area (Å²) in [7, 11) is 0. The Bertz CT molecular complexity index is 571. The molecule has 0 aliphatic rings. The second-order valence-electron chi connectivity index (χ2n) is 3.14. The Morgan fingerprint density at radius 3 is 2.41 bits per heavy atom. The van der Waals surface area contributed by atoms with Crippen LogP contribution in [-0.4, -0.2) is 15.0 Å². The van der Waals surface area contributed by atoms with Crippen LogP contribution in [0.4, 0.5) is 8.78 Å². The predicted molar refractivity (Wildman–Crippen MR) is 63.7 cm³/mol. The standard InChI is InChI=1S/C10H5F2IN4/c11-9(12)8-10(13)17(16-15-8)7-3-1-6(5-14)2-4-7/h1-4,9H. The Labute approximate surface area is 109 Å². The summed E-state index contributed by atoms with van der Waals surface area (Å²) in [4.78, 5) is 0. The SMILES string of the molecule is N#Cc1ccc(-n2nnc(C(F)F)c2I)cc1. The van der Waals surface area contributed by atoms with Gasteiger partial charge in [0, 0.05) is 0 Å². The lowest BCUT2D eigenvalue weighted by atomic mass is 10.2. The largest absolute Gasteiger partial charge is 0.284 e. The summed E-state index contributed by atoms with van der Waals surface area (Å²) in [6, 6.07) is 8.42. The summed E-state index contributed by atoms with van der Waals surface area (Å²) in [5.41, 5.74) is 0.751.